The highest BCUT2D eigenvalue weighted by atomic mass is 16.2. The summed E-state index contributed by atoms with van der Waals surface area (Å²) in [6.07, 6.45) is 5.04. The van der Waals surface area contributed by atoms with E-state index in [1.807, 2.05) is 11.8 Å². The Morgan fingerprint density at radius 3 is 2.85 bits per heavy atom. The highest BCUT2D eigenvalue weighted by Gasteiger charge is 2.18. The molecular weight excluding hydrogens is 164 g/mol. The van der Waals surface area contributed by atoms with E-state index in [0.29, 0.717) is 6.42 Å². The summed E-state index contributed by atoms with van der Waals surface area (Å²) in [7, 11) is 1.77. The number of hydrogen-bond donors (Lipinski definition) is 0. The van der Waals surface area contributed by atoms with Crippen molar-refractivity contribution in [1.29, 1.82) is 0 Å². The molecule has 0 aliphatic carbocycles. The summed E-state index contributed by atoms with van der Waals surface area (Å²) in [6.45, 7) is 2.76. The average molecular weight is 182 g/mol. The van der Waals surface area contributed by atoms with Crippen LogP contribution < -0.4 is 0 Å². The van der Waals surface area contributed by atoms with Gasteiger partial charge in [-0.2, -0.15) is 0 Å². The van der Waals surface area contributed by atoms with Gasteiger partial charge in [-0.15, -0.1) is 0 Å². The lowest BCUT2D eigenvalue weighted by Gasteiger charge is -2.20. The highest BCUT2D eigenvalue weighted by molar-refractivity contribution is 5.98. The van der Waals surface area contributed by atoms with Crippen molar-refractivity contribution in [3.63, 3.8) is 0 Å². The van der Waals surface area contributed by atoms with Gasteiger partial charge in [-0.3, -0.25) is 9.79 Å². The van der Waals surface area contributed by atoms with Gasteiger partial charge in [-0.25, -0.2) is 0 Å². The van der Waals surface area contributed by atoms with Gasteiger partial charge >= 0.3 is 0 Å². The van der Waals surface area contributed by atoms with Crippen LogP contribution in [0.15, 0.2) is 4.99 Å². The predicted octanol–water partition coefficient (Wildman–Crippen LogP) is 1.83. The molecule has 0 radical (unpaired) electrons. The molecule has 74 valence electrons. The molecule has 1 fully saturated rings. The van der Waals surface area contributed by atoms with E-state index in [1.54, 1.807) is 7.05 Å². The first-order chi connectivity index (χ1) is 6.29. The minimum Gasteiger partial charge on any atom is -0.301 e. The number of nitrogens with zero attached hydrogens (tertiary/aromatic N) is 2. The zero-order valence-electron chi connectivity index (χ0n) is 8.55. The van der Waals surface area contributed by atoms with E-state index in [0.717, 1.165) is 25.2 Å². The quantitative estimate of drug-likeness (QED) is 0.609. The molecule has 1 amide bonds. The second kappa shape index (κ2) is 5.00. The number of amides is 1. The van der Waals surface area contributed by atoms with Crippen LogP contribution in [-0.4, -0.2) is 30.2 Å². The van der Waals surface area contributed by atoms with Gasteiger partial charge in [0.1, 0.15) is 5.84 Å². The summed E-state index contributed by atoms with van der Waals surface area (Å²) in [5.41, 5.74) is 0. The van der Waals surface area contributed by atoms with Crippen LogP contribution in [0.2, 0.25) is 0 Å². The standard InChI is InChI=1S/C10H18N2O/c1-3-10(13)12-8-6-4-5-7-9(12)11-2/h3-8H2,1-2H3. The molecule has 0 aromatic heterocycles. The summed E-state index contributed by atoms with van der Waals surface area (Å²) < 4.78 is 0. The maximum atomic E-state index is 11.5. The summed E-state index contributed by atoms with van der Waals surface area (Å²) in [5.74, 6) is 1.19. The van der Waals surface area contributed by atoms with E-state index < -0.39 is 0 Å². The van der Waals surface area contributed by atoms with Gasteiger partial charge in [0.2, 0.25) is 5.91 Å². The molecule has 1 saturated heterocycles. The normalized spacial score (nSPS) is 21.7. The molecule has 1 aliphatic rings. The molecule has 0 spiro atoms. The van der Waals surface area contributed by atoms with Crippen molar-refractivity contribution in [2.24, 2.45) is 4.99 Å². The Hall–Kier alpha value is -0.860. The highest BCUT2D eigenvalue weighted by Crippen LogP contribution is 2.13. The number of likely N-dealkylation sites (tertiary alicyclic amines) is 1. The Morgan fingerprint density at radius 1 is 1.46 bits per heavy atom. The lowest BCUT2D eigenvalue weighted by molar-refractivity contribution is -0.127. The van der Waals surface area contributed by atoms with Crippen molar-refractivity contribution in [3.05, 3.63) is 0 Å². The third-order valence-corrected chi connectivity index (χ3v) is 2.46. The second-order valence-corrected chi connectivity index (χ2v) is 3.35. The molecule has 0 unspecified atom stereocenters. The van der Waals surface area contributed by atoms with Gasteiger partial charge in [0.15, 0.2) is 0 Å². The molecule has 1 heterocycles. The first kappa shape index (κ1) is 10.2. The minimum atomic E-state index is 0.211. The third kappa shape index (κ3) is 2.54. The Bertz CT molecular complexity index is 211. The van der Waals surface area contributed by atoms with Crippen LogP contribution in [0.4, 0.5) is 0 Å². The van der Waals surface area contributed by atoms with Crippen LogP contribution in [0.1, 0.15) is 39.0 Å². The SMILES string of the molecule is CCC(=O)N1CCCCCC1=NC. The molecule has 0 bridgehead atoms. The average Bonchev–Trinajstić information content (AvgIpc) is 2.41. The van der Waals surface area contributed by atoms with E-state index in [-0.39, 0.29) is 5.91 Å². The van der Waals surface area contributed by atoms with Crippen LogP contribution in [0.25, 0.3) is 0 Å². The number of carbonyl (C=O) groups is 1. The molecule has 0 aromatic rings. The van der Waals surface area contributed by atoms with E-state index in [1.165, 1.54) is 12.8 Å². The van der Waals surface area contributed by atoms with Crippen molar-refractivity contribution in [2.75, 3.05) is 13.6 Å². The molecule has 3 heteroatoms. The maximum Gasteiger partial charge on any atom is 0.227 e. The van der Waals surface area contributed by atoms with E-state index in [2.05, 4.69) is 4.99 Å². The van der Waals surface area contributed by atoms with Gasteiger partial charge in [0, 0.05) is 26.4 Å². The van der Waals surface area contributed by atoms with Crippen molar-refractivity contribution in [3.8, 4) is 0 Å². The van der Waals surface area contributed by atoms with Crippen molar-refractivity contribution in [1.82, 2.24) is 4.90 Å². The monoisotopic (exact) mass is 182 g/mol. The fourth-order valence-corrected chi connectivity index (χ4v) is 1.69. The third-order valence-electron chi connectivity index (χ3n) is 2.46. The number of carbonyl (C=O) groups excluding carboxylic acids is 1. The fraction of sp³-hybridized carbons (Fsp3) is 0.800. The zero-order chi connectivity index (χ0) is 9.68. The molecule has 0 aromatic carbocycles. The summed E-state index contributed by atoms with van der Waals surface area (Å²) in [6, 6.07) is 0. The number of rotatable bonds is 1. The van der Waals surface area contributed by atoms with Crippen LogP contribution in [0.5, 0.6) is 0 Å². The van der Waals surface area contributed by atoms with Crippen molar-refractivity contribution in [2.45, 2.75) is 39.0 Å². The predicted molar refractivity (Wildman–Crippen MR) is 53.8 cm³/mol. The van der Waals surface area contributed by atoms with Crippen LogP contribution >= 0.6 is 0 Å². The Kier molecular flexibility index (Phi) is 3.93. The second-order valence-electron chi connectivity index (χ2n) is 3.35. The molecule has 0 saturated carbocycles. The van der Waals surface area contributed by atoms with E-state index >= 15 is 0 Å². The molecule has 1 rings (SSSR count). The van der Waals surface area contributed by atoms with Crippen LogP contribution in [-0.2, 0) is 4.79 Å². The molecular formula is C10H18N2O. The molecule has 1 aliphatic heterocycles. The number of hydrogen-bond acceptors (Lipinski definition) is 2. The van der Waals surface area contributed by atoms with Gasteiger partial charge in [0.25, 0.3) is 0 Å². The van der Waals surface area contributed by atoms with Crippen molar-refractivity contribution < 1.29 is 4.79 Å². The van der Waals surface area contributed by atoms with Gasteiger partial charge in [0.05, 0.1) is 0 Å². The Balaban J connectivity index is 2.71. The molecule has 3 nitrogen and oxygen atoms in total. The first-order valence-electron chi connectivity index (χ1n) is 5.05. The largest absolute Gasteiger partial charge is 0.301 e. The summed E-state index contributed by atoms with van der Waals surface area (Å²) in [5, 5.41) is 0. The Morgan fingerprint density at radius 2 is 2.23 bits per heavy atom. The molecule has 13 heavy (non-hydrogen) atoms. The minimum absolute atomic E-state index is 0.211. The topological polar surface area (TPSA) is 32.7 Å². The maximum absolute atomic E-state index is 11.5. The van der Waals surface area contributed by atoms with Gasteiger partial charge in [-0.1, -0.05) is 13.3 Å². The van der Waals surface area contributed by atoms with E-state index in [9.17, 15) is 4.79 Å². The van der Waals surface area contributed by atoms with Crippen LogP contribution in [0.3, 0.4) is 0 Å². The lowest BCUT2D eigenvalue weighted by atomic mass is 10.2. The Labute approximate surface area is 79.8 Å². The van der Waals surface area contributed by atoms with E-state index in [4.69, 9.17) is 0 Å². The zero-order valence-corrected chi connectivity index (χ0v) is 8.55. The number of amidine groups is 1. The smallest absolute Gasteiger partial charge is 0.227 e. The molecule has 0 atom stereocenters. The van der Waals surface area contributed by atoms with Crippen LogP contribution in [0, 0.1) is 0 Å². The molecule has 0 N–H and O–H groups in total. The van der Waals surface area contributed by atoms with Gasteiger partial charge in [-0.05, 0) is 12.8 Å². The summed E-state index contributed by atoms with van der Waals surface area (Å²) in [4.78, 5) is 17.6. The number of aliphatic imine (C=N–C) groups is 1. The van der Waals surface area contributed by atoms with Crippen molar-refractivity contribution >= 4 is 11.7 Å². The first-order valence-corrected chi connectivity index (χ1v) is 5.05. The van der Waals surface area contributed by atoms with Gasteiger partial charge < -0.3 is 4.90 Å². The summed E-state index contributed by atoms with van der Waals surface area (Å²) >= 11 is 0. The fourth-order valence-electron chi connectivity index (χ4n) is 1.69. The lowest BCUT2D eigenvalue weighted by Crippen LogP contribution is -2.36.